The van der Waals surface area contributed by atoms with E-state index in [1.807, 2.05) is 6.26 Å². The predicted octanol–water partition coefficient (Wildman–Crippen LogP) is 3.54. The van der Waals surface area contributed by atoms with Crippen molar-refractivity contribution >= 4 is 61.3 Å². The summed E-state index contributed by atoms with van der Waals surface area (Å²) >= 11 is 8.17. The van der Waals surface area contributed by atoms with Crippen molar-refractivity contribution in [2.24, 2.45) is 0 Å². The second-order valence-electron chi connectivity index (χ2n) is 3.89. The minimum absolute atomic E-state index is 0.380. The van der Waals surface area contributed by atoms with Crippen LogP contribution in [0.1, 0.15) is 6.42 Å². The molecule has 5 nitrogen and oxygen atoms in total. The molecular weight excluding hydrogens is 412 g/mol. The van der Waals surface area contributed by atoms with Crippen molar-refractivity contribution in [3.8, 4) is 0 Å². The summed E-state index contributed by atoms with van der Waals surface area (Å²) in [6.45, 7) is 0. The zero-order chi connectivity index (χ0) is 15.1. The second kappa shape index (κ2) is 8.53. The molecule has 0 saturated carbocycles. The Morgan fingerprint density at radius 3 is 2.65 bits per heavy atom. The summed E-state index contributed by atoms with van der Waals surface area (Å²) in [6.07, 6.45) is 2.27. The lowest BCUT2D eigenvalue weighted by atomic mass is 10.2. The highest BCUT2D eigenvalue weighted by molar-refractivity contribution is 9.11. The molecule has 1 rings (SSSR count). The van der Waals surface area contributed by atoms with E-state index in [9.17, 15) is 9.59 Å². The summed E-state index contributed by atoms with van der Waals surface area (Å²) in [5, 5.41) is 14.1. The molecular formula is C12H14Br2N2O3S. The number of hydrogen-bond acceptors (Lipinski definition) is 3. The maximum atomic E-state index is 11.8. The standard InChI is InChI=1S/C12H14Br2N2O3S/c1-20-5-4-10(11(17)18)16-12(19)15-9-3-2-7(13)6-8(9)14/h2-3,6,10H,4-5H2,1H3,(H,17,18)(H2,15,16,19)/t10-/m0/s1. The van der Waals surface area contributed by atoms with Crippen LogP contribution in [0, 0.1) is 0 Å². The van der Waals surface area contributed by atoms with Crippen LogP contribution < -0.4 is 10.6 Å². The average Bonchev–Trinajstić information content (AvgIpc) is 2.37. The van der Waals surface area contributed by atoms with E-state index in [1.165, 1.54) is 11.8 Å². The number of carboxylic acid groups (broad SMARTS) is 1. The number of urea groups is 1. The van der Waals surface area contributed by atoms with Gasteiger partial charge in [-0.1, -0.05) is 15.9 Å². The summed E-state index contributed by atoms with van der Waals surface area (Å²) in [5.74, 6) is -0.372. The normalized spacial score (nSPS) is 11.8. The molecule has 0 aliphatic rings. The van der Waals surface area contributed by atoms with Crippen LogP contribution in [-0.2, 0) is 4.79 Å². The molecule has 2 amide bonds. The zero-order valence-electron chi connectivity index (χ0n) is 10.7. The molecule has 3 N–H and O–H groups in total. The molecule has 0 aromatic heterocycles. The molecule has 0 bridgehead atoms. The van der Waals surface area contributed by atoms with E-state index in [0.717, 1.165) is 4.47 Å². The molecule has 0 spiro atoms. The van der Waals surface area contributed by atoms with Crippen LogP contribution in [0.15, 0.2) is 27.1 Å². The first kappa shape index (κ1) is 17.3. The number of rotatable bonds is 6. The van der Waals surface area contributed by atoms with Crippen LogP contribution in [0.5, 0.6) is 0 Å². The Kier molecular flexibility index (Phi) is 7.39. The van der Waals surface area contributed by atoms with Crippen molar-refractivity contribution in [2.45, 2.75) is 12.5 Å². The number of carbonyl (C=O) groups excluding carboxylic acids is 1. The minimum atomic E-state index is -1.04. The Bertz CT molecular complexity index is 500. The lowest BCUT2D eigenvalue weighted by Gasteiger charge is -2.15. The fourth-order valence-corrected chi connectivity index (χ4v) is 3.02. The number of carboxylic acids is 1. The van der Waals surface area contributed by atoms with Gasteiger partial charge in [0.25, 0.3) is 0 Å². The molecule has 0 aliphatic heterocycles. The van der Waals surface area contributed by atoms with Gasteiger partial charge in [0.05, 0.1) is 5.69 Å². The number of carbonyl (C=O) groups is 2. The monoisotopic (exact) mass is 424 g/mol. The fourth-order valence-electron chi connectivity index (χ4n) is 1.40. The first-order valence-corrected chi connectivity index (χ1v) is 8.66. The Hall–Kier alpha value is -0.730. The Balaban J connectivity index is 2.63. The number of halogens is 2. The lowest BCUT2D eigenvalue weighted by molar-refractivity contribution is -0.139. The maximum absolute atomic E-state index is 11.8. The number of aliphatic carboxylic acids is 1. The van der Waals surface area contributed by atoms with Crippen molar-refractivity contribution < 1.29 is 14.7 Å². The number of anilines is 1. The Morgan fingerprint density at radius 2 is 2.10 bits per heavy atom. The number of amides is 2. The van der Waals surface area contributed by atoms with E-state index >= 15 is 0 Å². The molecule has 20 heavy (non-hydrogen) atoms. The molecule has 1 aromatic rings. The summed E-state index contributed by atoms with van der Waals surface area (Å²) < 4.78 is 1.58. The van der Waals surface area contributed by atoms with Crippen molar-refractivity contribution in [2.75, 3.05) is 17.3 Å². The van der Waals surface area contributed by atoms with Gasteiger partial charge in [0.15, 0.2) is 0 Å². The largest absolute Gasteiger partial charge is 0.480 e. The SMILES string of the molecule is CSCC[C@H](NC(=O)Nc1ccc(Br)cc1Br)C(=O)O. The van der Waals surface area contributed by atoms with Gasteiger partial charge >= 0.3 is 12.0 Å². The molecule has 8 heteroatoms. The molecule has 0 heterocycles. The van der Waals surface area contributed by atoms with Gasteiger partial charge in [0.1, 0.15) is 6.04 Å². The van der Waals surface area contributed by atoms with E-state index < -0.39 is 18.0 Å². The quantitative estimate of drug-likeness (QED) is 0.651. The van der Waals surface area contributed by atoms with E-state index in [1.54, 1.807) is 18.2 Å². The first-order valence-electron chi connectivity index (χ1n) is 5.68. The van der Waals surface area contributed by atoms with Gasteiger partial charge in [-0.2, -0.15) is 11.8 Å². The fraction of sp³-hybridized carbons (Fsp3) is 0.333. The molecule has 110 valence electrons. The molecule has 0 unspecified atom stereocenters. The molecule has 0 radical (unpaired) electrons. The van der Waals surface area contributed by atoms with Gasteiger partial charge in [-0.15, -0.1) is 0 Å². The Labute approximate surface area is 138 Å². The van der Waals surface area contributed by atoms with Crippen LogP contribution in [0.3, 0.4) is 0 Å². The highest BCUT2D eigenvalue weighted by Crippen LogP contribution is 2.26. The maximum Gasteiger partial charge on any atom is 0.326 e. The summed E-state index contributed by atoms with van der Waals surface area (Å²) in [4.78, 5) is 22.8. The summed E-state index contributed by atoms with van der Waals surface area (Å²) in [5.41, 5.74) is 0.569. The third-order valence-electron chi connectivity index (χ3n) is 2.39. The lowest BCUT2D eigenvalue weighted by Crippen LogP contribution is -2.43. The van der Waals surface area contributed by atoms with Crippen molar-refractivity contribution in [1.29, 1.82) is 0 Å². The van der Waals surface area contributed by atoms with Crippen LogP contribution in [0.4, 0.5) is 10.5 Å². The van der Waals surface area contributed by atoms with Crippen molar-refractivity contribution in [3.05, 3.63) is 27.1 Å². The molecule has 1 atom stereocenters. The third kappa shape index (κ3) is 5.72. The third-order valence-corrected chi connectivity index (χ3v) is 4.19. The van der Waals surface area contributed by atoms with Crippen molar-refractivity contribution in [3.63, 3.8) is 0 Å². The van der Waals surface area contributed by atoms with E-state index in [0.29, 0.717) is 22.3 Å². The second-order valence-corrected chi connectivity index (χ2v) is 6.65. The number of hydrogen-bond donors (Lipinski definition) is 3. The van der Waals surface area contributed by atoms with Crippen LogP contribution in [-0.4, -0.2) is 35.2 Å². The van der Waals surface area contributed by atoms with Crippen LogP contribution in [0.25, 0.3) is 0 Å². The minimum Gasteiger partial charge on any atom is -0.480 e. The highest BCUT2D eigenvalue weighted by Gasteiger charge is 2.19. The number of nitrogens with one attached hydrogen (secondary N) is 2. The van der Waals surface area contributed by atoms with Crippen LogP contribution in [0.2, 0.25) is 0 Å². The Morgan fingerprint density at radius 1 is 1.40 bits per heavy atom. The average molecular weight is 426 g/mol. The summed E-state index contributed by atoms with van der Waals surface area (Å²) in [6, 6.07) is 3.85. The smallest absolute Gasteiger partial charge is 0.326 e. The number of benzene rings is 1. The molecule has 1 aromatic carbocycles. The topological polar surface area (TPSA) is 78.4 Å². The van der Waals surface area contributed by atoms with Gasteiger partial charge in [0.2, 0.25) is 0 Å². The van der Waals surface area contributed by atoms with Gasteiger partial charge in [-0.25, -0.2) is 9.59 Å². The van der Waals surface area contributed by atoms with E-state index in [-0.39, 0.29) is 0 Å². The zero-order valence-corrected chi connectivity index (χ0v) is 14.6. The van der Waals surface area contributed by atoms with Gasteiger partial charge in [-0.3, -0.25) is 0 Å². The molecule has 0 saturated heterocycles. The van der Waals surface area contributed by atoms with Gasteiger partial charge in [-0.05, 0) is 52.6 Å². The van der Waals surface area contributed by atoms with Crippen molar-refractivity contribution in [1.82, 2.24) is 5.32 Å². The van der Waals surface area contributed by atoms with Gasteiger partial charge in [0, 0.05) is 8.95 Å². The summed E-state index contributed by atoms with van der Waals surface area (Å²) in [7, 11) is 0. The van der Waals surface area contributed by atoms with E-state index in [2.05, 4.69) is 42.5 Å². The van der Waals surface area contributed by atoms with E-state index in [4.69, 9.17) is 5.11 Å². The molecule has 0 fully saturated rings. The predicted molar refractivity (Wildman–Crippen MR) is 88.4 cm³/mol. The molecule has 0 aliphatic carbocycles. The highest BCUT2D eigenvalue weighted by atomic mass is 79.9. The number of thioether (sulfide) groups is 1. The van der Waals surface area contributed by atoms with Gasteiger partial charge < -0.3 is 15.7 Å². The first-order chi connectivity index (χ1) is 9.43. The van der Waals surface area contributed by atoms with Crippen LogP contribution >= 0.6 is 43.6 Å².